The Morgan fingerprint density at radius 2 is 2.35 bits per heavy atom. The van der Waals surface area contributed by atoms with Crippen molar-refractivity contribution in [2.45, 2.75) is 19.8 Å². The van der Waals surface area contributed by atoms with E-state index in [0.29, 0.717) is 27.4 Å². The average Bonchev–Trinajstić information content (AvgIpc) is 3.07. The van der Waals surface area contributed by atoms with E-state index < -0.39 is 0 Å². The van der Waals surface area contributed by atoms with Crippen LogP contribution in [0.4, 0.5) is 10.7 Å². The predicted octanol–water partition coefficient (Wildman–Crippen LogP) is 2.33. The van der Waals surface area contributed by atoms with E-state index in [4.69, 9.17) is 5.73 Å². The van der Waals surface area contributed by atoms with E-state index in [1.807, 2.05) is 0 Å². The second kappa shape index (κ2) is 5.55. The lowest BCUT2D eigenvalue weighted by Gasteiger charge is -2.09. The maximum Gasteiger partial charge on any atom is 0.263 e. The summed E-state index contributed by atoms with van der Waals surface area (Å²) < 4.78 is 0. The lowest BCUT2D eigenvalue weighted by atomic mass is 10.1. The number of nitrogens with two attached hydrogens (primary N) is 1. The van der Waals surface area contributed by atoms with Crippen molar-refractivity contribution < 1.29 is 4.79 Å². The monoisotopic (exact) mass is 290 g/mol. The molecule has 1 aromatic rings. The summed E-state index contributed by atoms with van der Waals surface area (Å²) in [5.74, 6) is -0.269. The molecule has 0 radical (unpaired) electrons. The minimum atomic E-state index is -0.269. The second-order valence-corrected chi connectivity index (χ2v) is 6.34. The first-order valence-corrected chi connectivity index (χ1v) is 7.28. The number of nitrogen functional groups attached to an aromatic ring is 1. The maximum atomic E-state index is 12.0. The Hall–Kier alpha value is -2.00. The number of rotatable bonds is 6. The molecule has 1 fully saturated rings. The van der Waals surface area contributed by atoms with Gasteiger partial charge in [0, 0.05) is 13.1 Å². The number of carbonyl (C=O) groups is 1. The van der Waals surface area contributed by atoms with E-state index in [-0.39, 0.29) is 11.6 Å². The molecule has 1 aromatic heterocycles. The number of thiophene rings is 1. The SMILES string of the molecule is C=CCNC(=O)c1sc(NCC2(C)CC2)c(C#N)c1N. The highest BCUT2D eigenvalue weighted by Gasteiger charge is 2.37. The Morgan fingerprint density at radius 1 is 1.65 bits per heavy atom. The van der Waals surface area contributed by atoms with Crippen LogP contribution in [-0.4, -0.2) is 19.0 Å². The van der Waals surface area contributed by atoms with Gasteiger partial charge in [0.05, 0.1) is 5.69 Å². The third-order valence-electron chi connectivity index (χ3n) is 3.45. The molecule has 1 heterocycles. The van der Waals surface area contributed by atoms with E-state index in [2.05, 4.69) is 30.2 Å². The van der Waals surface area contributed by atoms with Gasteiger partial charge in [0.25, 0.3) is 5.91 Å². The molecule has 20 heavy (non-hydrogen) atoms. The number of nitriles is 1. The number of hydrogen-bond acceptors (Lipinski definition) is 5. The standard InChI is InChI=1S/C14H18N4OS/c1-3-6-17-12(19)11-10(16)9(7-15)13(20-11)18-8-14(2)4-5-14/h3,18H,1,4-6,8,16H2,2H3,(H,17,19). The Bertz CT molecular complexity index is 581. The number of nitrogens with one attached hydrogen (secondary N) is 2. The fourth-order valence-electron chi connectivity index (χ4n) is 1.78. The van der Waals surface area contributed by atoms with Crippen LogP contribution in [-0.2, 0) is 0 Å². The van der Waals surface area contributed by atoms with Crippen molar-refractivity contribution in [2.75, 3.05) is 24.1 Å². The average molecular weight is 290 g/mol. The topological polar surface area (TPSA) is 90.9 Å². The van der Waals surface area contributed by atoms with Crippen molar-refractivity contribution in [1.82, 2.24) is 5.32 Å². The van der Waals surface area contributed by atoms with Crippen molar-refractivity contribution in [1.29, 1.82) is 5.26 Å². The summed E-state index contributed by atoms with van der Waals surface area (Å²) in [7, 11) is 0. The van der Waals surface area contributed by atoms with Crippen LogP contribution in [0.25, 0.3) is 0 Å². The maximum absolute atomic E-state index is 12.0. The van der Waals surface area contributed by atoms with Crippen LogP contribution in [0.15, 0.2) is 12.7 Å². The molecular weight excluding hydrogens is 272 g/mol. The molecular formula is C14H18N4OS. The highest BCUT2D eigenvalue weighted by molar-refractivity contribution is 7.18. The van der Waals surface area contributed by atoms with Gasteiger partial charge in [-0.15, -0.1) is 17.9 Å². The van der Waals surface area contributed by atoms with Crippen molar-refractivity contribution in [3.05, 3.63) is 23.1 Å². The molecule has 0 unspecified atom stereocenters. The van der Waals surface area contributed by atoms with Gasteiger partial charge in [-0.05, 0) is 18.3 Å². The fourth-order valence-corrected chi connectivity index (χ4v) is 2.76. The van der Waals surface area contributed by atoms with E-state index in [0.717, 1.165) is 6.54 Å². The lowest BCUT2D eigenvalue weighted by Crippen LogP contribution is -2.23. The van der Waals surface area contributed by atoms with Crippen molar-refractivity contribution in [3.63, 3.8) is 0 Å². The number of carbonyl (C=O) groups excluding carboxylic acids is 1. The molecule has 106 valence electrons. The van der Waals surface area contributed by atoms with Crippen LogP contribution in [0.2, 0.25) is 0 Å². The first-order chi connectivity index (χ1) is 9.50. The zero-order valence-electron chi connectivity index (χ0n) is 11.5. The summed E-state index contributed by atoms with van der Waals surface area (Å²) in [5.41, 5.74) is 6.84. The summed E-state index contributed by atoms with van der Waals surface area (Å²) in [4.78, 5) is 12.3. The van der Waals surface area contributed by atoms with Gasteiger partial charge >= 0.3 is 0 Å². The van der Waals surface area contributed by atoms with Crippen LogP contribution in [0.3, 0.4) is 0 Å². The minimum Gasteiger partial charge on any atom is -0.396 e. The molecule has 6 heteroatoms. The Morgan fingerprint density at radius 3 is 2.90 bits per heavy atom. The van der Waals surface area contributed by atoms with Crippen LogP contribution < -0.4 is 16.4 Å². The number of hydrogen-bond donors (Lipinski definition) is 3. The smallest absolute Gasteiger partial charge is 0.263 e. The van der Waals surface area contributed by atoms with Gasteiger partial charge in [0.15, 0.2) is 0 Å². The van der Waals surface area contributed by atoms with Gasteiger partial charge in [0.2, 0.25) is 0 Å². The third-order valence-corrected chi connectivity index (χ3v) is 4.61. The number of nitrogens with zero attached hydrogens (tertiary/aromatic N) is 1. The van der Waals surface area contributed by atoms with Gasteiger partial charge in [-0.3, -0.25) is 4.79 Å². The first-order valence-electron chi connectivity index (χ1n) is 6.46. The normalized spacial score (nSPS) is 15.2. The first kappa shape index (κ1) is 14.4. The fraction of sp³-hybridized carbons (Fsp3) is 0.429. The van der Waals surface area contributed by atoms with E-state index in [9.17, 15) is 10.1 Å². The quantitative estimate of drug-likeness (QED) is 0.701. The Kier molecular flexibility index (Phi) is 4.00. The summed E-state index contributed by atoms with van der Waals surface area (Å²) in [5, 5.41) is 15.8. The molecule has 1 aliphatic rings. The van der Waals surface area contributed by atoms with Gasteiger partial charge in [0.1, 0.15) is 21.5 Å². The Balaban J connectivity index is 2.17. The van der Waals surface area contributed by atoms with Crippen molar-refractivity contribution in [3.8, 4) is 6.07 Å². The van der Waals surface area contributed by atoms with Gasteiger partial charge in [-0.25, -0.2) is 0 Å². The van der Waals surface area contributed by atoms with Crippen LogP contribution in [0.5, 0.6) is 0 Å². The number of amides is 1. The van der Waals surface area contributed by atoms with E-state index >= 15 is 0 Å². The van der Waals surface area contributed by atoms with Crippen LogP contribution in [0.1, 0.15) is 35.0 Å². The van der Waals surface area contributed by atoms with E-state index in [1.165, 1.54) is 24.2 Å². The molecule has 0 aromatic carbocycles. The lowest BCUT2D eigenvalue weighted by molar-refractivity contribution is 0.0963. The highest BCUT2D eigenvalue weighted by Crippen LogP contribution is 2.45. The molecule has 5 nitrogen and oxygen atoms in total. The summed E-state index contributed by atoms with van der Waals surface area (Å²) in [6.07, 6.45) is 3.98. The molecule has 0 atom stereocenters. The highest BCUT2D eigenvalue weighted by atomic mass is 32.1. The molecule has 0 aliphatic heterocycles. The van der Waals surface area contributed by atoms with Gasteiger partial charge in [-0.1, -0.05) is 13.0 Å². The summed E-state index contributed by atoms with van der Waals surface area (Å²) >= 11 is 1.23. The second-order valence-electron chi connectivity index (χ2n) is 5.32. The molecule has 0 bridgehead atoms. The van der Waals surface area contributed by atoms with Crippen LogP contribution >= 0.6 is 11.3 Å². The van der Waals surface area contributed by atoms with Gasteiger partial charge < -0.3 is 16.4 Å². The van der Waals surface area contributed by atoms with Crippen molar-refractivity contribution in [2.24, 2.45) is 5.41 Å². The number of anilines is 2. The molecule has 2 rings (SSSR count). The van der Waals surface area contributed by atoms with Crippen LogP contribution in [0, 0.1) is 16.7 Å². The molecule has 0 spiro atoms. The van der Waals surface area contributed by atoms with E-state index in [1.54, 1.807) is 6.08 Å². The summed E-state index contributed by atoms with van der Waals surface area (Å²) in [6, 6.07) is 2.07. The Labute approximate surface area is 122 Å². The minimum absolute atomic E-state index is 0.252. The summed E-state index contributed by atoms with van der Waals surface area (Å²) in [6.45, 7) is 6.91. The predicted molar refractivity (Wildman–Crippen MR) is 81.8 cm³/mol. The largest absolute Gasteiger partial charge is 0.396 e. The molecule has 4 N–H and O–H groups in total. The molecule has 1 aliphatic carbocycles. The molecule has 0 saturated heterocycles. The van der Waals surface area contributed by atoms with Gasteiger partial charge in [-0.2, -0.15) is 5.26 Å². The van der Waals surface area contributed by atoms with Crippen molar-refractivity contribution >= 4 is 27.9 Å². The molecule has 1 saturated carbocycles. The zero-order chi connectivity index (χ0) is 14.8. The molecule has 1 amide bonds. The third kappa shape index (κ3) is 2.94. The zero-order valence-corrected chi connectivity index (χ0v) is 12.3.